The second kappa shape index (κ2) is 6.79. The molecule has 0 radical (unpaired) electrons. The molecule has 0 aromatic heterocycles. The maximum Gasteiger partial charge on any atom is 0.243 e. The third kappa shape index (κ3) is 3.70. The van der Waals surface area contributed by atoms with E-state index in [0.717, 1.165) is 5.56 Å². The molecule has 1 aliphatic heterocycles. The average Bonchev–Trinajstić information content (AvgIpc) is 2.47. The second-order valence-electron chi connectivity index (χ2n) is 5.30. The van der Waals surface area contributed by atoms with Crippen LogP contribution in [0.2, 0.25) is 10.0 Å². The van der Waals surface area contributed by atoms with Gasteiger partial charge in [-0.15, -0.1) is 0 Å². The van der Waals surface area contributed by atoms with Gasteiger partial charge >= 0.3 is 0 Å². The zero-order valence-corrected chi connectivity index (χ0v) is 14.5. The van der Waals surface area contributed by atoms with E-state index in [2.05, 4.69) is 0 Å². The van der Waals surface area contributed by atoms with Crippen molar-refractivity contribution in [2.75, 3.05) is 13.1 Å². The standard InChI is InChI=1S/C16H15Cl2NO3S/c17-13-5-3-6-15(8-13)23(20,21)19-9-14(10-19)22-11-12-4-1-2-7-16(12)18/h1-8,14H,9-11H2. The Balaban J connectivity index is 1.57. The van der Waals surface area contributed by atoms with E-state index in [9.17, 15) is 8.42 Å². The van der Waals surface area contributed by atoms with Gasteiger partial charge in [-0.1, -0.05) is 47.5 Å². The normalized spacial score (nSPS) is 16.3. The highest BCUT2D eigenvalue weighted by molar-refractivity contribution is 7.89. The third-order valence-corrected chi connectivity index (χ3v) is 6.11. The minimum absolute atomic E-state index is 0.125. The number of hydrogen-bond acceptors (Lipinski definition) is 3. The first-order valence-corrected chi connectivity index (χ1v) is 9.27. The number of sulfonamides is 1. The van der Waals surface area contributed by atoms with E-state index in [1.807, 2.05) is 18.2 Å². The molecule has 7 heteroatoms. The fourth-order valence-electron chi connectivity index (χ4n) is 2.30. The monoisotopic (exact) mass is 371 g/mol. The summed E-state index contributed by atoms with van der Waals surface area (Å²) in [6.07, 6.45) is -0.125. The fraction of sp³-hybridized carbons (Fsp3) is 0.250. The molecule has 3 rings (SSSR count). The molecule has 1 heterocycles. The van der Waals surface area contributed by atoms with Crippen LogP contribution in [0.3, 0.4) is 0 Å². The minimum Gasteiger partial charge on any atom is -0.371 e. The molecular weight excluding hydrogens is 357 g/mol. The third-order valence-electron chi connectivity index (χ3n) is 3.68. The van der Waals surface area contributed by atoms with Gasteiger partial charge in [0.1, 0.15) is 0 Å². The molecule has 0 aliphatic carbocycles. The van der Waals surface area contributed by atoms with E-state index < -0.39 is 10.0 Å². The quantitative estimate of drug-likeness (QED) is 0.806. The summed E-state index contributed by atoms with van der Waals surface area (Å²) in [6.45, 7) is 1.04. The van der Waals surface area contributed by atoms with Crippen LogP contribution in [0.25, 0.3) is 0 Å². The molecule has 2 aromatic carbocycles. The lowest BCUT2D eigenvalue weighted by molar-refractivity contribution is -0.0295. The van der Waals surface area contributed by atoms with Gasteiger partial charge in [0, 0.05) is 23.1 Å². The lowest BCUT2D eigenvalue weighted by Crippen LogP contribution is -2.54. The van der Waals surface area contributed by atoms with Gasteiger partial charge in [-0.25, -0.2) is 8.42 Å². The number of hydrogen-bond donors (Lipinski definition) is 0. The molecule has 1 saturated heterocycles. The molecule has 2 aromatic rings. The van der Waals surface area contributed by atoms with Crippen molar-refractivity contribution in [3.8, 4) is 0 Å². The van der Waals surface area contributed by atoms with Crippen molar-refractivity contribution in [2.24, 2.45) is 0 Å². The molecule has 0 saturated carbocycles. The Kier molecular flexibility index (Phi) is 4.94. The van der Waals surface area contributed by atoms with Gasteiger partial charge in [-0.3, -0.25) is 0 Å². The summed E-state index contributed by atoms with van der Waals surface area (Å²) < 4.78 is 32.0. The SMILES string of the molecule is O=S(=O)(c1cccc(Cl)c1)N1CC(OCc2ccccc2Cl)C1. The summed E-state index contributed by atoms with van der Waals surface area (Å²) in [5.41, 5.74) is 0.894. The van der Waals surface area contributed by atoms with Crippen LogP contribution in [0.4, 0.5) is 0 Å². The van der Waals surface area contributed by atoms with E-state index in [1.165, 1.54) is 10.4 Å². The smallest absolute Gasteiger partial charge is 0.243 e. The molecule has 4 nitrogen and oxygen atoms in total. The number of halogens is 2. The number of ether oxygens (including phenoxy) is 1. The van der Waals surface area contributed by atoms with Crippen LogP contribution in [0, 0.1) is 0 Å². The van der Waals surface area contributed by atoms with Crippen LogP contribution in [0.15, 0.2) is 53.4 Å². The molecule has 0 bridgehead atoms. The minimum atomic E-state index is -3.51. The van der Waals surface area contributed by atoms with Gasteiger partial charge in [0.2, 0.25) is 10.0 Å². The van der Waals surface area contributed by atoms with Crippen molar-refractivity contribution < 1.29 is 13.2 Å². The van der Waals surface area contributed by atoms with Crippen molar-refractivity contribution in [1.29, 1.82) is 0 Å². The largest absolute Gasteiger partial charge is 0.371 e. The van der Waals surface area contributed by atoms with E-state index in [4.69, 9.17) is 27.9 Å². The molecule has 0 atom stereocenters. The predicted octanol–water partition coefficient (Wildman–Crippen LogP) is 3.58. The molecule has 0 unspecified atom stereocenters. The molecule has 1 aliphatic rings. The van der Waals surface area contributed by atoms with Crippen LogP contribution < -0.4 is 0 Å². The van der Waals surface area contributed by atoms with E-state index in [0.29, 0.717) is 29.7 Å². The summed E-state index contributed by atoms with van der Waals surface area (Å²) >= 11 is 11.9. The summed E-state index contributed by atoms with van der Waals surface area (Å²) in [5.74, 6) is 0. The zero-order valence-electron chi connectivity index (χ0n) is 12.2. The fourth-order valence-corrected chi connectivity index (χ4v) is 4.30. The van der Waals surface area contributed by atoms with Crippen LogP contribution in [-0.4, -0.2) is 31.9 Å². The lowest BCUT2D eigenvalue weighted by atomic mass is 10.2. The van der Waals surface area contributed by atoms with E-state index in [-0.39, 0.29) is 11.0 Å². The highest BCUT2D eigenvalue weighted by atomic mass is 35.5. The van der Waals surface area contributed by atoms with Crippen molar-refractivity contribution in [3.63, 3.8) is 0 Å². The van der Waals surface area contributed by atoms with E-state index >= 15 is 0 Å². The molecule has 0 amide bonds. The van der Waals surface area contributed by atoms with Gasteiger partial charge < -0.3 is 4.74 Å². The van der Waals surface area contributed by atoms with Gasteiger partial charge in [-0.2, -0.15) is 4.31 Å². The molecular formula is C16H15Cl2NO3S. The van der Waals surface area contributed by atoms with Gasteiger partial charge in [0.05, 0.1) is 17.6 Å². The Morgan fingerprint density at radius 2 is 1.83 bits per heavy atom. The summed E-state index contributed by atoms with van der Waals surface area (Å²) in [7, 11) is -3.51. The number of rotatable bonds is 5. The van der Waals surface area contributed by atoms with Crippen LogP contribution in [-0.2, 0) is 21.4 Å². The van der Waals surface area contributed by atoms with Crippen LogP contribution >= 0.6 is 23.2 Å². The predicted molar refractivity (Wildman–Crippen MR) is 90.2 cm³/mol. The Labute approximate surface area is 145 Å². The number of nitrogens with zero attached hydrogens (tertiary/aromatic N) is 1. The highest BCUT2D eigenvalue weighted by Crippen LogP contribution is 2.26. The molecule has 0 N–H and O–H groups in total. The van der Waals surface area contributed by atoms with Crippen molar-refractivity contribution in [2.45, 2.75) is 17.6 Å². The Morgan fingerprint density at radius 3 is 2.52 bits per heavy atom. The Morgan fingerprint density at radius 1 is 1.09 bits per heavy atom. The molecule has 122 valence electrons. The average molecular weight is 372 g/mol. The maximum atomic E-state index is 12.4. The first-order valence-electron chi connectivity index (χ1n) is 7.07. The van der Waals surface area contributed by atoms with Crippen LogP contribution in [0.1, 0.15) is 5.56 Å². The van der Waals surface area contributed by atoms with Crippen LogP contribution in [0.5, 0.6) is 0 Å². The van der Waals surface area contributed by atoms with Crippen molar-refractivity contribution in [1.82, 2.24) is 4.31 Å². The zero-order chi connectivity index (χ0) is 16.4. The number of benzene rings is 2. The highest BCUT2D eigenvalue weighted by Gasteiger charge is 2.37. The van der Waals surface area contributed by atoms with Gasteiger partial charge in [0.25, 0.3) is 0 Å². The van der Waals surface area contributed by atoms with Gasteiger partial charge in [-0.05, 0) is 29.8 Å². The van der Waals surface area contributed by atoms with E-state index in [1.54, 1.807) is 24.3 Å². The summed E-state index contributed by atoms with van der Waals surface area (Å²) in [6, 6.07) is 13.7. The molecule has 23 heavy (non-hydrogen) atoms. The second-order valence-corrected chi connectivity index (χ2v) is 8.09. The molecule has 1 fully saturated rings. The first kappa shape index (κ1) is 16.7. The Hall–Kier alpha value is -1.11. The molecule has 0 spiro atoms. The first-order chi connectivity index (χ1) is 11.0. The lowest BCUT2D eigenvalue weighted by Gasteiger charge is -2.37. The Bertz CT molecular complexity index is 804. The summed E-state index contributed by atoms with van der Waals surface area (Å²) in [4.78, 5) is 0.203. The van der Waals surface area contributed by atoms with Gasteiger partial charge in [0.15, 0.2) is 0 Å². The van der Waals surface area contributed by atoms with Crippen molar-refractivity contribution in [3.05, 3.63) is 64.1 Å². The maximum absolute atomic E-state index is 12.4. The topological polar surface area (TPSA) is 46.6 Å². The van der Waals surface area contributed by atoms with Crippen molar-refractivity contribution >= 4 is 33.2 Å². The summed E-state index contributed by atoms with van der Waals surface area (Å²) in [5, 5.41) is 1.05.